The molecular weight excluding hydrogens is 328 g/mol. The highest BCUT2D eigenvalue weighted by Gasteiger charge is 2.23. The molecule has 2 N–H and O–H groups in total. The number of carbonyl (C=O) groups excluding carboxylic acids is 1. The Morgan fingerprint density at radius 3 is 2.42 bits per heavy atom. The van der Waals surface area contributed by atoms with Gasteiger partial charge in [-0.2, -0.15) is 0 Å². The van der Waals surface area contributed by atoms with Gasteiger partial charge in [0.25, 0.3) is 5.91 Å². The molecule has 0 spiro atoms. The molecule has 0 saturated carbocycles. The lowest BCUT2D eigenvalue weighted by Gasteiger charge is -2.18. The maximum atomic E-state index is 12.7. The lowest BCUT2D eigenvalue weighted by Crippen LogP contribution is -2.42. The molecule has 0 saturated heterocycles. The minimum absolute atomic E-state index is 0.239. The quantitative estimate of drug-likeness (QED) is 0.742. The topological polar surface area (TPSA) is 79.3 Å². The summed E-state index contributed by atoms with van der Waals surface area (Å²) in [7, 11) is 0. The molecular formula is C21H20N2O3. The van der Waals surface area contributed by atoms with Gasteiger partial charge < -0.3 is 10.4 Å². The minimum Gasteiger partial charge on any atom is -0.480 e. The molecule has 0 radical (unpaired) electrons. The van der Waals surface area contributed by atoms with Gasteiger partial charge in [0, 0.05) is 18.0 Å². The first-order valence-electron chi connectivity index (χ1n) is 8.40. The lowest BCUT2D eigenvalue weighted by molar-refractivity contribution is -0.139. The number of hydrogen-bond acceptors (Lipinski definition) is 3. The largest absolute Gasteiger partial charge is 0.480 e. The number of pyridine rings is 1. The first kappa shape index (κ1) is 17.6. The van der Waals surface area contributed by atoms with Gasteiger partial charge >= 0.3 is 5.97 Å². The van der Waals surface area contributed by atoms with Crippen LogP contribution in [-0.2, 0) is 11.2 Å². The zero-order valence-electron chi connectivity index (χ0n) is 14.7. The fourth-order valence-electron chi connectivity index (χ4n) is 3.11. The summed E-state index contributed by atoms with van der Waals surface area (Å²) in [5, 5.41) is 13.0. The summed E-state index contributed by atoms with van der Waals surface area (Å²) in [6, 6.07) is 13.7. The zero-order valence-corrected chi connectivity index (χ0v) is 14.7. The summed E-state index contributed by atoms with van der Waals surface area (Å²) < 4.78 is 0. The molecule has 0 unspecified atom stereocenters. The van der Waals surface area contributed by atoms with Crippen molar-refractivity contribution in [2.75, 3.05) is 0 Å². The number of aryl methyl sites for hydroxylation is 2. The van der Waals surface area contributed by atoms with E-state index in [4.69, 9.17) is 0 Å². The molecule has 5 heteroatoms. The van der Waals surface area contributed by atoms with Crippen molar-refractivity contribution in [3.63, 3.8) is 0 Å². The second kappa shape index (κ2) is 7.35. The molecule has 3 aromatic rings. The van der Waals surface area contributed by atoms with Gasteiger partial charge in [-0.1, -0.05) is 36.4 Å². The first-order chi connectivity index (χ1) is 12.5. The van der Waals surface area contributed by atoms with E-state index in [9.17, 15) is 14.7 Å². The maximum Gasteiger partial charge on any atom is 0.326 e. The molecule has 0 fully saturated rings. The van der Waals surface area contributed by atoms with Gasteiger partial charge in [0.1, 0.15) is 6.04 Å². The Balaban J connectivity index is 1.88. The lowest BCUT2D eigenvalue weighted by atomic mass is 9.96. The third-order valence-corrected chi connectivity index (χ3v) is 4.55. The molecule has 0 aliphatic rings. The molecule has 1 amide bonds. The van der Waals surface area contributed by atoms with Crippen LogP contribution in [0, 0.1) is 13.8 Å². The van der Waals surface area contributed by atoms with Crippen LogP contribution < -0.4 is 5.32 Å². The Morgan fingerprint density at radius 1 is 1.04 bits per heavy atom. The van der Waals surface area contributed by atoms with E-state index < -0.39 is 17.9 Å². The highest BCUT2D eigenvalue weighted by molar-refractivity contribution is 6.06. The number of aliphatic carboxylic acids is 1. The number of fused-ring (bicyclic) bond motifs is 1. The molecule has 1 heterocycles. The third kappa shape index (κ3) is 3.57. The number of para-hydroxylation sites is 1. The molecule has 2 aromatic carbocycles. The number of rotatable bonds is 5. The summed E-state index contributed by atoms with van der Waals surface area (Å²) in [5.74, 6) is -1.47. The summed E-state index contributed by atoms with van der Waals surface area (Å²) >= 11 is 0. The number of carboxylic acid groups (broad SMARTS) is 1. The van der Waals surface area contributed by atoms with Crippen molar-refractivity contribution in [3.8, 4) is 0 Å². The number of carbonyl (C=O) groups is 2. The second-order valence-corrected chi connectivity index (χ2v) is 6.31. The molecule has 1 aromatic heterocycles. The van der Waals surface area contributed by atoms with Crippen molar-refractivity contribution in [2.45, 2.75) is 26.3 Å². The highest BCUT2D eigenvalue weighted by Crippen LogP contribution is 2.18. The number of aromatic nitrogens is 1. The Morgan fingerprint density at radius 2 is 1.73 bits per heavy atom. The van der Waals surface area contributed by atoms with Crippen molar-refractivity contribution in [1.29, 1.82) is 0 Å². The Hall–Kier alpha value is -3.21. The van der Waals surface area contributed by atoms with Gasteiger partial charge in [-0.05, 0) is 42.7 Å². The van der Waals surface area contributed by atoms with E-state index in [1.807, 2.05) is 50.2 Å². The number of benzene rings is 2. The van der Waals surface area contributed by atoms with Crippen LogP contribution in [0.15, 0.2) is 54.7 Å². The number of carboxylic acids is 1. The van der Waals surface area contributed by atoms with E-state index in [-0.39, 0.29) is 6.42 Å². The smallest absolute Gasteiger partial charge is 0.326 e. The van der Waals surface area contributed by atoms with Crippen LogP contribution >= 0.6 is 0 Å². The Bertz CT molecular complexity index is 956. The molecule has 5 nitrogen and oxygen atoms in total. The average molecular weight is 348 g/mol. The van der Waals surface area contributed by atoms with Gasteiger partial charge in [0.05, 0.1) is 11.1 Å². The molecule has 132 valence electrons. The predicted octanol–water partition coefficient (Wildman–Crippen LogP) is 3.28. The molecule has 0 bridgehead atoms. The van der Waals surface area contributed by atoms with E-state index in [2.05, 4.69) is 10.3 Å². The fourth-order valence-corrected chi connectivity index (χ4v) is 3.11. The van der Waals surface area contributed by atoms with E-state index in [1.54, 1.807) is 18.3 Å². The summed E-state index contributed by atoms with van der Waals surface area (Å²) in [4.78, 5) is 28.7. The van der Waals surface area contributed by atoms with Crippen molar-refractivity contribution in [3.05, 3.63) is 77.0 Å². The van der Waals surface area contributed by atoms with Crippen LogP contribution in [0.25, 0.3) is 10.9 Å². The van der Waals surface area contributed by atoms with Crippen LogP contribution in [0.4, 0.5) is 0 Å². The second-order valence-electron chi connectivity index (χ2n) is 6.31. The third-order valence-electron chi connectivity index (χ3n) is 4.55. The van der Waals surface area contributed by atoms with Crippen LogP contribution in [0.3, 0.4) is 0 Å². The number of nitrogens with one attached hydrogen (secondary N) is 1. The number of hydrogen-bond donors (Lipinski definition) is 2. The van der Waals surface area contributed by atoms with Gasteiger partial charge in [-0.3, -0.25) is 9.78 Å². The van der Waals surface area contributed by atoms with E-state index in [1.165, 1.54) is 0 Å². The molecule has 26 heavy (non-hydrogen) atoms. The van der Waals surface area contributed by atoms with Crippen molar-refractivity contribution < 1.29 is 14.7 Å². The summed E-state index contributed by atoms with van der Waals surface area (Å²) in [6.45, 7) is 3.89. The van der Waals surface area contributed by atoms with Crippen LogP contribution in [0.1, 0.15) is 27.0 Å². The summed E-state index contributed by atoms with van der Waals surface area (Å²) in [5.41, 5.74) is 4.09. The minimum atomic E-state index is -1.06. The van der Waals surface area contributed by atoms with Crippen LogP contribution in [0.5, 0.6) is 0 Å². The monoisotopic (exact) mass is 348 g/mol. The molecule has 0 aliphatic carbocycles. The first-order valence-corrected chi connectivity index (χ1v) is 8.40. The van der Waals surface area contributed by atoms with Gasteiger partial charge in [0.2, 0.25) is 0 Å². The Labute approximate surface area is 151 Å². The van der Waals surface area contributed by atoms with Crippen molar-refractivity contribution >= 4 is 22.8 Å². The highest BCUT2D eigenvalue weighted by atomic mass is 16.4. The number of amides is 1. The molecule has 0 aliphatic heterocycles. The predicted molar refractivity (Wildman–Crippen MR) is 100 cm³/mol. The number of nitrogens with zero attached hydrogens (tertiary/aromatic N) is 1. The fraction of sp³-hybridized carbons (Fsp3) is 0.190. The summed E-state index contributed by atoms with van der Waals surface area (Å²) in [6.07, 6.45) is 1.79. The van der Waals surface area contributed by atoms with E-state index in [0.29, 0.717) is 16.5 Å². The Kier molecular flexibility index (Phi) is 4.98. The van der Waals surface area contributed by atoms with Gasteiger partial charge in [-0.25, -0.2) is 4.79 Å². The van der Waals surface area contributed by atoms with Crippen molar-refractivity contribution in [2.24, 2.45) is 0 Å². The van der Waals surface area contributed by atoms with Crippen LogP contribution in [0.2, 0.25) is 0 Å². The normalized spacial score (nSPS) is 11.9. The molecule has 1 atom stereocenters. The van der Waals surface area contributed by atoms with E-state index in [0.717, 1.165) is 16.7 Å². The zero-order chi connectivity index (χ0) is 18.7. The van der Waals surface area contributed by atoms with Crippen molar-refractivity contribution in [1.82, 2.24) is 10.3 Å². The van der Waals surface area contributed by atoms with Gasteiger partial charge in [0.15, 0.2) is 0 Å². The van der Waals surface area contributed by atoms with Gasteiger partial charge in [-0.15, -0.1) is 0 Å². The van der Waals surface area contributed by atoms with Crippen LogP contribution in [-0.4, -0.2) is 28.0 Å². The standard InChI is InChI=1S/C21H20N2O3/c1-13-6-5-7-14(2)17(13)12-19(21(25)26)23-20(24)16-10-11-22-18-9-4-3-8-15(16)18/h3-11,19H,12H2,1-2H3,(H,23,24)(H,25,26)/t19-/m1/s1. The van der Waals surface area contributed by atoms with E-state index >= 15 is 0 Å². The molecule has 3 rings (SSSR count). The average Bonchev–Trinajstić information content (AvgIpc) is 2.63. The maximum absolute atomic E-state index is 12.7. The SMILES string of the molecule is Cc1cccc(C)c1C[C@@H](NC(=O)c1ccnc2ccccc12)C(=O)O.